The number of anilines is 2. The summed E-state index contributed by atoms with van der Waals surface area (Å²) >= 11 is 0. The molecule has 5 nitrogen and oxygen atoms in total. The fraction of sp³-hybridized carbons (Fsp3) is 0.480. The van der Waals surface area contributed by atoms with Gasteiger partial charge in [0.1, 0.15) is 5.82 Å². The van der Waals surface area contributed by atoms with Gasteiger partial charge in [0.15, 0.2) is 0 Å². The minimum absolute atomic E-state index is 0.182. The number of halogens is 3. The lowest BCUT2D eigenvalue weighted by Gasteiger charge is -2.33. The molecule has 178 valence electrons. The lowest BCUT2D eigenvalue weighted by atomic mass is 10.0. The van der Waals surface area contributed by atoms with Crippen molar-refractivity contribution in [3.63, 3.8) is 0 Å². The Hall–Kier alpha value is -2.74. The molecule has 3 aromatic rings. The molecule has 0 radical (unpaired) electrons. The van der Waals surface area contributed by atoms with Gasteiger partial charge >= 0.3 is 6.18 Å². The third-order valence-corrected chi connectivity index (χ3v) is 6.38. The van der Waals surface area contributed by atoms with Crippen LogP contribution in [0, 0.1) is 6.92 Å². The van der Waals surface area contributed by atoms with Crippen molar-refractivity contribution in [3.05, 3.63) is 47.8 Å². The molecule has 1 aliphatic rings. The van der Waals surface area contributed by atoms with Crippen molar-refractivity contribution in [3.8, 4) is 5.69 Å². The number of rotatable bonds is 6. The Labute approximate surface area is 193 Å². The van der Waals surface area contributed by atoms with E-state index in [-0.39, 0.29) is 6.04 Å². The van der Waals surface area contributed by atoms with Crippen molar-refractivity contribution in [2.75, 3.05) is 43.9 Å². The maximum Gasteiger partial charge on any atom is 0.401 e. The molecule has 1 aromatic carbocycles. The molecular formula is C25H32F3N5. The second-order valence-electron chi connectivity index (χ2n) is 9.13. The highest BCUT2D eigenvalue weighted by molar-refractivity contribution is 5.88. The molecule has 1 N–H and O–H groups in total. The zero-order valence-electron chi connectivity index (χ0n) is 19.7. The summed E-state index contributed by atoms with van der Waals surface area (Å²) in [6, 6.07) is 10.9. The second kappa shape index (κ2) is 9.25. The van der Waals surface area contributed by atoms with Crippen LogP contribution in [0.1, 0.15) is 31.0 Å². The number of pyridine rings is 1. The summed E-state index contributed by atoms with van der Waals surface area (Å²) in [7, 11) is 3.96. The summed E-state index contributed by atoms with van der Waals surface area (Å²) in [5.74, 6) is 0.906. The van der Waals surface area contributed by atoms with Crippen LogP contribution in [0.4, 0.5) is 24.7 Å². The van der Waals surface area contributed by atoms with Crippen LogP contribution >= 0.6 is 0 Å². The maximum atomic E-state index is 12.7. The number of aryl methyl sites for hydroxylation is 2. The number of hydrogen-bond donors (Lipinski definition) is 1. The lowest BCUT2D eigenvalue weighted by Crippen LogP contribution is -2.43. The molecule has 0 bridgehead atoms. The number of nitrogens with one attached hydrogen (secondary N) is 1. The Bertz CT molecular complexity index is 1110. The summed E-state index contributed by atoms with van der Waals surface area (Å²) in [6.07, 6.45) is 0.0179. The SMILES string of the molecule is CCc1cc2cc(NC3CCN(CC(F)(F)F)CC3)c(C)cc2n1-c1ccnc(N(C)C)c1. The number of piperidine rings is 1. The number of alkyl halides is 3. The van der Waals surface area contributed by atoms with Crippen molar-refractivity contribution in [1.29, 1.82) is 0 Å². The van der Waals surface area contributed by atoms with E-state index in [2.05, 4.69) is 53.0 Å². The topological polar surface area (TPSA) is 36.3 Å². The highest BCUT2D eigenvalue weighted by Crippen LogP contribution is 2.31. The van der Waals surface area contributed by atoms with Gasteiger partial charge in [0, 0.05) is 62.3 Å². The zero-order chi connectivity index (χ0) is 23.8. The molecule has 1 saturated heterocycles. The molecule has 0 amide bonds. The number of aromatic nitrogens is 2. The minimum atomic E-state index is -4.13. The van der Waals surface area contributed by atoms with E-state index in [1.807, 2.05) is 31.3 Å². The molecule has 3 heterocycles. The average Bonchev–Trinajstić information content (AvgIpc) is 3.11. The van der Waals surface area contributed by atoms with Crippen molar-refractivity contribution in [2.24, 2.45) is 0 Å². The largest absolute Gasteiger partial charge is 0.401 e. The summed E-state index contributed by atoms with van der Waals surface area (Å²) in [5.41, 5.74) is 5.63. The quantitative estimate of drug-likeness (QED) is 0.535. The summed E-state index contributed by atoms with van der Waals surface area (Å²) in [4.78, 5) is 7.94. The van der Waals surface area contributed by atoms with E-state index in [1.165, 1.54) is 10.6 Å². The van der Waals surface area contributed by atoms with Gasteiger partial charge in [-0.05, 0) is 56.0 Å². The van der Waals surface area contributed by atoms with Crippen LogP contribution < -0.4 is 10.2 Å². The Morgan fingerprint density at radius 2 is 1.85 bits per heavy atom. The summed E-state index contributed by atoms with van der Waals surface area (Å²) in [5, 5.41) is 4.75. The van der Waals surface area contributed by atoms with Crippen molar-refractivity contribution in [2.45, 2.75) is 45.3 Å². The number of hydrogen-bond acceptors (Lipinski definition) is 4. The van der Waals surface area contributed by atoms with Crippen molar-refractivity contribution >= 4 is 22.4 Å². The molecule has 4 rings (SSSR count). The van der Waals surface area contributed by atoms with Crippen LogP contribution in [0.3, 0.4) is 0 Å². The van der Waals surface area contributed by atoms with Crippen LogP contribution in [0.5, 0.6) is 0 Å². The van der Waals surface area contributed by atoms with E-state index >= 15 is 0 Å². The molecule has 33 heavy (non-hydrogen) atoms. The fourth-order valence-electron chi connectivity index (χ4n) is 4.64. The second-order valence-corrected chi connectivity index (χ2v) is 9.13. The van der Waals surface area contributed by atoms with Gasteiger partial charge in [0.25, 0.3) is 0 Å². The monoisotopic (exact) mass is 459 g/mol. The normalized spacial score (nSPS) is 15.8. The molecule has 0 spiro atoms. The Morgan fingerprint density at radius 1 is 1.12 bits per heavy atom. The molecule has 0 atom stereocenters. The Morgan fingerprint density at radius 3 is 2.48 bits per heavy atom. The molecule has 2 aromatic heterocycles. The van der Waals surface area contributed by atoms with Gasteiger partial charge in [-0.15, -0.1) is 0 Å². The predicted octanol–water partition coefficient (Wildman–Crippen LogP) is 5.40. The lowest BCUT2D eigenvalue weighted by molar-refractivity contribution is -0.147. The van der Waals surface area contributed by atoms with E-state index in [0.29, 0.717) is 25.9 Å². The van der Waals surface area contributed by atoms with E-state index in [1.54, 1.807) is 0 Å². The molecule has 8 heteroatoms. The molecular weight excluding hydrogens is 427 g/mol. The van der Waals surface area contributed by atoms with E-state index in [9.17, 15) is 13.2 Å². The number of benzene rings is 1. The third kappa shape index (κ3) is 5.27. The first-order valence-corrected chi connectivity index (χ1v) is 11.5. The van der Waals surface area contributed by atoms with Gasteiger partial charge in [-0.25, -0.2) is 4.98 Å². The van der Waals surface area contributed by atoms with E-state index in [4.69, 9.17) is 0 Å². The smallest absolute Gasteiger partial charge is 0.382 e. The summed E-state index contributed by atoms with van der Waals surface area (Å²) < 4.78 is 40.3. The van der Waals surface area contributed by atoms with Crippen LogP contribution in [0.2, 0.25) is 0 Å². The molecule has 0 aliphatic carbocycles. The van der Waals surface area contributed by atoms with Crippen LogP contribution in [-0.2, 0) is 6.42 Å². The Balaban J connectivity index is 1.58. The van der Waals surface area contributed by atoms with Gasteiger partial charge in [-0.3, -0.25) is 4.90 Å². The van der Waals surface area contributed by atoms with Gasteiger partial charge in [0.05, 0.1) is 17.7 Å². The highest BCUT2D eigenvalue weighted by Gasteiger charge is 2.32. The zero-order valence-corrected chi connectivity index (χ0v) is 19.7. The van der Waals surface area contributed by atoms with Crippen molar-refractivity contribution in [1.82, 2.24) is 14.5 Å². The van der Waals surface area contributed by atoms with Gasteiger partial charge in [-0.1, -0.05) is 6.92 Å². The molecule has 1 fully saturated rings. The molecule has 1 aliphatic heterocycles. The third-order valence-electron chi connectivity index (χ3n) is 6.38. The van der Waals surface area contributed by atoms with Gasteiger partial charge in [-0.2, -0.15) is 13.2 Å². The maximum absolute atomic E-state index is 12.7. The Kier molecular flexibility index (Phi) is 6.56. The van der Waals surface area contributed by atoms with E-state index in [0.717, 1.165) is 40.1 Å². The van der Waals surface area contributed by atoms with Crippen LogP contribution in [-0.4, -0.2) is 60.4 Å². The first-order chi connectivity index (χ1) is 15.6. The van der Waals surface area contributed by atoms with Crippen LogP contribution in [0.15, 0.2) is 36.5 Å². The molecule has 0 unspecified atom stereocenters. The standard InChI is InChI=1S/C25H32F3N5/c1-5-20-13-18-14-22(30-19-7-10-32(11-8-19)16-25(26,27)28)17(2)12-23(18)33(20)21-6-9-29-24(15-21)31(3)4/h6,9,12-15,19,30H,5,7-8,10-11,16H2,1-4H3. The predicted molar refractivity (Wildman–Crippen MR) is 129 cm³/mol. The van der Waals surface area contributed by atoms with Crippen molar-refractivity contribution < 1.29 is 13.2 Å². The van der Waals surface area contributed by atoms with Crippen LogP contribution in [0.25, 0.3) is 16.6 Å². The first-order valence-electron chi connectivity index (χ1n) is 11.5. The summed E-state index contributed by atoms with van der Waals surface area (Å²) in [6.45, 7) is 4.35. The minimum Gasteiger partial charge on any atom is -0.382 e. The van der Waals surface area contributed by atoms with Gasteiger partial charge < -0.3 is 14.8 Å². The molecule has 0 saturated carbocycles. The number of nitrogens with zero attached hydrogens (tertiary/aromatic N) is 4. The first kappa shape index (κ1) is 23.4. The number of fused-ring (bicyclic) bond motifs is 1. The fourth-order valence-corrected chi connectivity index (χ4v) is 4.64. The number of likely N-dealkylation sites (tertiary alicyclic amines) is 1. The van der Waals surface area contributed by atoms with E-state index < -0.39 is 12.7 Å². The van der Waals surface area contributed by atoms with Gasteiger partial charge in [0.2, 0.25) is 0 Å². The average molecular weight is 460 g/mol. The highest BCUT2D eigenvalue weighted by atomic mass is 19.4.